The molecular formula is C12H17IN2. The van der Waals surface area contributed by atoms with Crippen molar-refractivity contribution < 1.29 is 0 Å². The fraction of sp³-hybridized carbons (Fsp3) is 0.500. The van der Waals surface area contributed by atoms with Gasteiger partial charge in [-0.15, -0.1) is 0 Å². The van der Waals surface area contributed by atoms with Gasteiger partial charge in [-0.3, -0.25) is 4.90 Å². The molecule has 0 aromatic heterocycles. The van der Waals surface area contributed by atoms with Crippen LogP contribution in [0, 0.1) is 3.57 Å². The number of halogens is 1. The lowest BCUT2D eigenvalue weighted by molar-refractivity contribution is 0.165. The zero-order chi connectivity index (χ0) is 10.7. The van der Waals surface area contributed by atoms with Gasteiger partial charge in [-0.1, -0.05) is 12.1 Å². The molecule has 1 aromatic rings. The van der Waals surface area contributed by atoms with E-state index in [4.69, 9.17) is 0 Å². The molecular weight excluding hydrogens is 299 g/mol. The minimum Gasteiger partial charge on any atom is -0.314 e. The molecule has 2 nitrogen and oxygen atoms in total. The first-order valence-electron chi connectivity index (χ1n) is 5.45. The molecule has 82 valence electrons. The van der Waals surface area contributed by atoms with Gasteiger partial charge in [-0.2, -0.15) is 0 Å². The highest BCUT2D eigenvalue weighted by molar-refractivity contribution is 14.1. The highest BCUT2D eigenvalue weighted by atomic mass is 127. The van der Waals surface area contributed by atoms with Crippen molar-refractivity contribution in [1.82, 2.24) is 10.2 Å². The van der Waals surface area contributed by atoms with Crippen molar-refractivity contribution in [1.29, 1.82) is 0 Å². The first kappa shape index (κ1) is 11.4. The SMILES string of the molecule is C[C@@H]1CNCCN1Cc1cccc(I)c1. The molecule has 1 aromatic carbocycles. The molecule has 1 saturated heterocycles. The van der Waals surface area contributed by atoms with Crippen LogP contribution in [-0.4, -0.2) is 30.6 Å². The number of benzene rings is 1. The second-order valence-electron chi connectivity index (χ2n) is 4.15. The summed E-state index contributed by atoms with van der Waals surface area (Å²) in [5.41, 5.74) is 1.43. The minimum atomic E-state index is 0.650. The Labute approximate surface area is 105 Å². The molecule has 0 radical (unpaired) electrons. The molecule has 3 heteroatoms. The largest absolute Gasteiger partial charge is 0.314 e. The Morgan fingerprint density at radius 1 is 1.53 bits per heavy atom. The van der Waals surface area contributed by atoms with E-state index < -0.39 is 0 Å². The van der Waals surface area contributed by atoms with Gasteiger partial charge in [0.05, 0.1) is 0 Å². The molecule has 0 bridgehead atoms. The molecule has 1 aliphatic rings. The summed E-state index contributed by atoms with van der Waals surface area (Å²) < 4.78 is 1.33. The lowest BCUT2D eigenvalue weighted by atomic mass is 10.1. The summed E-state index contributed by atoms with van der Waals surface area (Å²) in [5, 5.41) is 3.42. The molecule has 2 rings (SSSR count). The third-order valence-corrected chi connectivity index (χ3v) is 3.58. The van der Waals surface area contributed by atoms with Gasteiger partial charge in [0.15, 0.2) is 0 Å². The zero-order valence-electron chi connectivity index (χ0n) is 9.04. The van der Waals surface area contributed by atoms with Crippen molar-refractivity contribution in [3.63, 3.8) is 0 Å². The topological polar surface area (TPSA) is 15.3 Å². The van der Waals surface area contributed by atoms with E-state index in [1.54, 1.807) is 0 Å². The lowest BCUT2D eigenvalue weighted by Gasteiger charge is -2.33. The van der Waals surface area contributed by atoms with E-state index >= 15 is 0 Å². The van der Waals surface area contributed by atoms with Crippen molar-refractivity contribution in [2.75, 3.05) is 19.6 Å². The van der Waals surface area contributed by atoms with Crippen LogP contribution in [0.25, 0.3) is 0 Å². The number of rotatable bonds is 2. The van der Waals surface area contributed by atoms with E-state index in [0.717, 1.165) is 26.2 Å². The summed E-state index contributed by atoms with van der Waals surface area (Å²) in [6.07, 6.45) is 0. The molecule has 1 aliphatic heterocycles. The Hall–Kier alpha value is -0.130. The predicted octanol–water partition coefficient (Wildman–Crippen LogP) is 2.08. The first-order chi connectivity index (χ1) is 7.25. The van der Waals surface area contributed by atoms with Gasteiger partial charge in [0, 0.05) is 35.8 Å². The van der Waals surface area contributed by atoms with E-state index in [9.17, 15) is 0 Å². The molecule has 1 heterocycles. The maximum Gasteiger partial charge on any atom is 0.0238 e. The second kappa shape index (κ2) is 5.27. The van der Waals surface area contributed by atoms with E-state index in [1.165, 1.54) is 9.13 Å². The van der Waals surface area contributed by atoms with E-state index in [0.29, 0.717) is 6.04 Å². The van der Waals surface area contributed by atoms with Gasteiger partial charge < -0.3 is 5.32 Å². The fourth-order valence-electron chi connectivity index (χ4n) is 1.99. The van der Waals surface area contributed by atoms with E-state index in [1.807, 2.05) is 0 Å². The average molecular weight is 316 g/mol. The first-order valence-corrected chi connectivity index (χ1v) is 6.53. The molecule has 1 atom stereocenters. The summed E-state index contributed by atoms with van der Waals surface area (Å²) in [6.45, 7) is 6.77. The van der Waals surface area contributed by atoms with E-state index in [2.05, 4.69) is 64.0 Å². The Morgan fingerprint density at radius 2 is 2.40 bits per heavy atom. The van der Waals surface area contributed by atoms with Crippen molar-refractivity contribution >= 4 is 22.6 Å². The molecule has 0 aliphatic carbocycles. The van der Waals surface area contributed by atoms with Gasteiger partial charge in [-0.05, 0) is 47.2 Å². The third-order valence-electron chi connectivity index (χ3n) is 2.91. The summed E-state index contributed by atoms with van der Waals surface area (Å²) >= 11 is 2.37. The number of nitrogens with zero attached hydrogens (tertiary/aromatic N) is 1. The fourth-order valence-corrected chi connectivity index (χ4v) is 2.60. The number of piperazine rings is 1. The lowest BCUT2D eigenvalue weighted by Crippen LogP contribution is -2.49. The summed E-state index contributed by atoms with van der Waals surface area (Å²) in [7, 11) is 0. The van der Waals surface area contributed by atoms with Gasteiger partial charge in [-0.25, -0.2) is 0 Å². The van der Waals surface area contributed by atoms with Crippen LogP contribution in [0.4, 0.5) is 0 Å². The number of hydrogen-bond acceptors (Lipinski definition) is 2. The van der Waals surface area contributed by atoms with Gasteiger partial charge in [0.25, 0.3) is 0 Å². The predicted molar refractivity (Wildman–Crippen MR) is 71.9 cm³/mol. The van der Waals surface area contributed by atoms with Crippen molar-refractivity contribution in [2.45, 2.75) is 19.5 Å². The monoisotopic (exact) mass is 316 g/mol. The van der Waals surface area contributed by atoms with Crippen LogP contribution >= 0.6 is 22.6 Å². The Balaban J connectivity index is 2.01. The van der Waals surface area contributed by atoms with Crippen LogP contribution in [0.1, 0.15) is 12.5 Å². The van der Waals surface area contributed by atoms with Gasteiger partial charge in [0.2, 0.25) is 0 Å². The zero-order valence-corrected chi connectivity index (χ0v) is 11.2. The molecule has 0 unspecified atom stereocenters. The Kier molecular flexibility index (Phi) is 3.99. The molecule has 0 amide bonds. The average Bonchev–Trinajstić information content (AvgIpc) is 2.22. The van der Waals surface area contributed by atoms with Crippen LogP contribution in [0.3, 0.4) is 0 Å². The van der Waals surface area contributed by atoms with Gasteiger partial charge >= 0.3 is 0 Å². The maximum atomic E-state index is 3.42. The number of nitrogens with one attached hydrogen (secondary N) is 1. The molecule has 0 saturated carbocycles. The van der Waals surface area contributed by atoms with Crippen molar-refractivity contribution in [2.24, 2.45) is 0 Å². The Bertz CT molecular complexity index is 327. The second-order valence-corrected chi connectivity index (χ2v) is 5.40. The third kappa shape index (κ3) is 3.16. The smallest absolute Gasteiger partial charge is 0.0238 e. The van der Waals surface area contributed by atoms with Crippen LogP contribution in [0.5, 0.6) is 0 Å². The van der Waals surface area contributed by atoms with E-state index in [-0.39, 0.29) is 0 Å². The normalized spacial score (nSPS) is 22.9. The van der Waals surface area contributed by atoms with Crippen LogP contribution < -0.4 is 5.32 Å². The molecule has 0 spiro atoms. The van der Waals surface area contributed by atoms with Gasteiger partial charge in [0.1, 0.15) is 0 Å². The van der Waals surface area contributed by atoms with Crippen LogP contribution in [0.2, 0.25) is 0 Å². The van der Waals surface area contributed by atoms with Crippen LogP contribution in [0.15, 0.2) is 24.3 Å². The minimum absolute atomic E-state index is 0.650. The molecule has 1 N–H and O–H groups in total. The quantitative estimate of drug-likeness (QED) is 0.841. The highest BCUT2D eigenvalue weighted by Gasteiger charge is 2.17. The molecule has 15 heavy (non-hydrogen) atoms. The van der Waals surface area contributed by atoms with Crippen molar-refractivity contribution in [3.8, 4) is 0 Å². The maximum absolute atomic E-state index is 3.42. The summed E-state index contributed by atoms with van der Waals surface area (Å²) in [4.78, 5) is 2.54. The van der Waals surface area contributed by atoms with Crippen LogP contribution in [-0.2, 0) is 6.54 Å². The summed E-state index contributed by atoms with van der Waals surface area (Å²) in [5.74, 6) is 0. The number of hydrogen-bond donors (Lipinski definition) is 1. The standard InChI is InChI=1S/C12H17IN2/c1-10-8-14-5-6-15(10)9-11-3-2-4-12(13)7-11/h2-4,7,10,14H,5-6,8-9H2,1H3/t10-/m1/s1. The molecule has 1 fully saturated rings. The van der Waals surface area contributed by atoms with Crippen molar-refractivity contribution in [3.05, 3.63) is 33.4 Å². The Morgan fingerprint density at radius 3 is 3.13 bits per heavy atom. The summed E-state index contributed by atoms with van der Waals surface area (Å²) in [6, 6.07) is 9.43. The highest BCUT2D eigenvalue weighted by Crippen LogP contribution is 2.12.